The number of hydrogen-bond donors (Lipinski definition) is 3. The van der Waals surface area contributed by atoms with Crippen molar-refractivity contribution in [2.24, 2.45) is 0 Å². The number of thioether (sulfide) groups is 1. The predicted octanol–water partition coefficient (Wildman–Crippen LogP) is 7.81. The maximum atomic E-state index is 13.8. The van der Waals surface area contributed by atoms with Crippen molar-refractivity contribution in [3.05, 3.63) is 153 Å². The molecule has 0 spiro atoms. The van der Waals surface area contributed by atoms with E-state index in [0.717, 1.165) is 5.56 Å². The molecule has 0 fully saturated rings. The van der Waals surface area contributed by atoms with E-state index in [9.17, 15) is 24.5 Å². The average molecular weight is 733 g/mol. The monoisotopic (exact) mass is 732 g/mol. The first-order valence-electron chi connectivity index (χ1n) is 16.2. The number of hydrogen-bond acceptors (Lipinski definition) is 9. The third kappa shape index (κ3) is 9.60. The molecule has 3 amide bonds. The Hall–Kier alpha value is -6.60. The summed E-state index contributed by atoms with van der Waals surface area (Å²) >= 11 is 1.27. The van der Waals surface area contributed by atoms with Gasteiger partial charge in [0.05, 0.1) is 31.9 Å². The molecule has 1 unspecified atom stereocenters. The van der Waals surface area contributed by atoms with Crippen molar-refractivity contribution < 1.29 is 33.5 Å². The predicted molar refractivity (Wildman–Crippen MR) is 205 cm³/mol. The molecular formula is C40H36N4O8S. The van der Waals surface area contributed by atoms with E-state index in [1.807, 2.05) is 30.3 Å². The molecular weight excluding hydrogens is 697 g/mol. The first-order valence-corrected chi connectivity index (χ1v) is 17.0. The smallest absolute Gasteiger partial charge is 0.272 e. The van der Waals surface area contributed by atoms with Crippen molar-refractivity contribution in [2.45, 2.75) is 17.1 Å². The van der Waals surface area contributed by atoms with Gasteiger partial charge in [0, 0.05) is 39.9 Å². The summed E-state index contributed by atoms with van der Waals surface area (Å²) in [6.45, 7) is 1.76. The lowest BCUT2D eigenvalue weighted by molar-refractivity contribution is -0.384. The van der Waals surface area contributed by atoms with E-state index >= 15 is 0 Å². The molecule has 0 saturated heterocycles. The molecule has 5 aromatic rings. The first-order chi connectivity index (χ1) is 25.6. The standard InChI is InChI=1S/C40H36N4O8S/c1-25-15-18-30(44(48)49)23-32(25)42-40(47)37(26-11-7-5-8-12-26)53-31-19-16-29(17-20-31)41-39(46)33(43-38(45)27-13-9-6-10-14-27)21-28-22-35(51-3)36(52-4)24-34(28)50-2/h5-24,37H,1-4H3,(H,41,46)(H,42,47)(H,43,45)/b33-21-. The molecule has 0 heterocycles. The Morgan fingerprint density at radius 3 is 2.00 bits per heavy atom. The minimum Gasteiger partial charge on any atom is -0.496 e. The highest BCUT2D eigenvalue weighted by Gasteiger charge is 2.24. The summed E-state index contributed by atoms with van der Waals surface area (Å²) in [5.41, 5.74) is 2.77. The molecule has 270 valence electrons. The van der Waals surface area contributed by atoms with Crippen LogP contribution in [0.25, 0.3) is 6.08 Å². The number of anilines is 2. The SMILES string of the molecule is COc1cc(OC)c(OC)cc1/C=C(\NC(=O)c1ccccc1)C(=O)Nc1ccc(SC(C(=O)Nc2cc([N+](=O)[O-])ccc2C)c2ccccc2)cc1. The number of aryl methyl sites for hydroxylation is 1. The normalized spacial score (nSPS) is 11.5. The van der Waals surface area contributed by atoms with Crippen LogP contribution < -0.4 is 30.2 Å². The van der Waals surface area contributed by atoms with Gasteiger partial charge in [0.2, 0.25) is 5.91 Å². The van der Waals surface area contributed by atoms with Crippen molar-refractivity contribution in [1.29, 1.82) is 0 Å². The number of non-ortho nitro benzene ring substituents is 1. The molecule has 0 aliphatic rings. The number of carbonyl (C=O) groups is 3. The Balaban J connectivity index is 1.39. The van der Waals surface area contributed by atoms with Crippen molar-refractivity contribution >= 4 is 52.6 Å². The number of nitrogens with zero attached hydrogens (tertiary/aromatic N) is 1. The van der Waals surface area contributed by atoms with Crippen LogP contribution in [-0.4, -0.2) is 44.0 Å². The highest BCUT2D eigenvalue weighted by molar-refractivity contribution is 8.00. The molecule has 13 heteroatoms. The van der Waals surface area contributed by atoms with Crippen LogP contribution in [0.15, 0.2) is 126 Å². The third-order valence-electron chi connectivity index (χ3n) is 7.96. The van der Waals surface area contributed by atoms with Crippen LogP contribution in [0.5, 0.6) is 17.2 Å². The summed E-state index contributed by atoms with van der Waals surface area (Å²) in [7, 11) is 4.45. The molecule has 0 aliphatic carbocycles. The number of carbonyl (C=O) groups excluding carboxylic acids is 3. The summed E-state index contributed by atoms with van der Waals surface area (Å²) in [4.78, 5) is 52.2. The van der Waals surface area contributed by atoms with E-state index in [0.29, 0.717) is 50.2 Å². The fourth-order valence-corrected chi connectivity index (χ4v) is 6.20. The van der Waals surface area contributed by atoms with Crippen LogP contribution in [0, 0.1) is 17.0 Å². The number of nitro benzene ring substituents is 1. The zero-order valence-electron chi connectivity index (χ0n) is 29.2. The van der Waals surface area contributed by atoms with Gasteiger partial charge < -0.3 is 30.2 Å². The number of benzene rings is 5. The lowest BCUT2D eigenvalue weighted by Crippen LogP contribution is -2.30. The topological polar surface area (TPSA) is 158 Å². The minimum atomic E-state index is -0.713. The van der Waals surface area contributed by atoms with Gasteiger partial charge in [-0.1, -0.05) is 54.6 Å². The molecule has 0 bridgehead atoms. The van der Waals surface area contributed by atoms with E-state index in [1.54, 1.807) is 79.7 Å². The maximum Gasteiger partial charge on any atom is 0.272 e. The summed E-state index contributed by atoms with van der Waals surface area (Å²) in [5.74, 6) is -0.281. The molecule has 3 N–H and O–H groups in total. The second kappa shape index (κ2) is 17.6. The van der Waals surface area contributed by atoms with Gasteiger partial charge in [-0.2, -0.15) is 0 Å². The second-order valence-electron chi connectivity index (χ2n) is 11.5. The molecule has 0 aromatic heterocycles. The third-order valence-corrected chi connectivity index (χ3v) is 9.23. The number of rotatable bonds is 14. The van der Waals surface area contributed by atoms with Crippen LogP contribution in [0.2, 0.25) is 0 Å². The molecule has 5 aromatic carbocycles. The Morgan fingerprint density at radius 1 is 0.755 bits per heavy atom. The second-order valence-corrected chi connectivity index (χ2v) is 12.6. The van der Waals surface area contributed by atoms with Gasteiger partial charge in [0.25, 0.3) is 17.5 Å². The Bertz CT molecular complexity index is 2140. The molecule has 0 radical (unpaired) electrons. The quantitative estimate of drug-likeness (QED) is 0.0448. The van der Waals surface area contributed by atoms with Gasteiger partial charge in [0.15, 0.2) is 11.5 Å². The van der Waals surface area contributed by atoms with Gasteiger partial charge >= 0.3 is 0 Å². The van der Waals surface area contributed by atoms with E-state index in [1.165, 1.54) is 51.3 Å². The van der Waals surface area contributed by atoms with E-state index in [2.05, 4.69) is 16.0 Å². The fourth-order valence-electron chi connectivity index (χ4n) is 5.17. The van der Waals surface area contributed by atoms with Crippen molar-refractivity contribution in [1.82, 2.24) is 5.32 Å². The van der Waals surface area contributed by atoms with Crippen LogP contribution in [0.4, 0.5) is 17.1 Å². The van der Waals surface area contributed by atoms with Gasteiger partial charge in [-0.25, -0.2) is 0 Å². The van der Waals surface area contributed by atoms with Crippen LogP contribution in [0.1, 0.15) is 32.3 Å². The minimum absolute atomic E-state index is 0.0694. The van der Waals surface area contributed by atoms with Gasteiger partial charge in [-0.15, -0.1) is 11.8 Å². The van der Waals surface area contributed by atoms with E-state index in [-0.39, 0.29) is 17.3 Å². The summed E-state index contributed by atoms with van der Waals surface area (Å²) in [6.07, 6.45) is 1.48. The van der Waals surface area contributed by atoms with Crippen molar-refractivity contribution in [2.75, 3.05) is 32.0 Å². The highest BCUT2D eigenvalue weighted by atomic mass is 32.2. The molecule has 0 aliphatic heterocycles. The Labute approximate surface area is 310 Å². The first kappa shape index (κ1) is 37.7. The zero-order chi connectivity index (χ0) is 37.9. The Morgan fingerprint density at radius 2 is 1.38 bits per heavy atom. The van der Waals surface area contributed by atoms with Crippen molar-refractivity contribution in [3.63, 3.8) is 0 Å². The van der Waals surface area contributed by atoms with E-state index < -0.39 is 22.0 Å². The summed E-state index contributed by atoms with van der Waals surface area (Å²) in [6, 6.07) is 32.1. The number of amides is 3. The highest BCUT2D eigenvalue weighted by Crippen LogP contribution is 2.38. The molecule has 12 nitrogen and oxygen atoms in total. The van der Waals surface area contributed by atoms with Gasteiger partial charge in [-0.05, 0) is 66.6 Å². The van der Waals surface area contributed by atoms with Crippen LogP contribution in [-0.2, 0) is 9.59 Å². The average Bonchev–Trinajstić information content (AvgIpc) is 3.18. The van der Waals surface area contributed by atoms with Crippen LogP contribution in [0.3, 0.4) is 0 Å². The molecule has 1 atom stereocenters. The molecule has 53 heavy (non-hydrogen) atoms. The summed E-state index contributed by atoms with van der Waals surface area (Å²) in [5, 5.41) is 19.1. The number of ether oxygens (including phenoxy) is 3. The Kier molecular flexibility index (Phi) is 12.5. The van der Waals surface area contributed by atoms with Crippen molar-refractivity contribution in [3.8, 4) is 17.2 Å². The lowest BCUT2D eigenvalue weighted by atomic mass is 10.1. The number of methoxy groups -OCH3 is 3. The molecule has 0 saturated carbocycles. The largest absolute Gasteiger partial charge is 0.496 e. The van der Waals surface area contributed by atoms with Gasteiger partial charge in [0.1, 0.15) is 16.7 Å². The lowest BCUT2D eigenvalue weighted by Gasteiger charge is -2.18. The van der Waals surface area contributed by atoms with E-state index in [4.69, 9.17) is 14.2 Å². The van der Waals surface area contributed by atoms with Crippen LogP contribution >= 0.6 is 11.8 Å². The fraction of sp³-hybridized carbons (Fsp3) is 0.125. The van der Waals surface area contributed by atoms with Gasteiger partial charge in [-0.3, -0.25) is 24.5 Å². The summed E-state index contributed by atoms with van der Waals surface area (Å²) < 4.78 is 16.4. The number of nitro groups is 1. The number of nitrogens with one attached hydrogen (secondary N) is 3. The maximum absolute atomic E-state index is 13.8. The molecule has 5 rings (SSSR count). The zero-order valence-corrected chi connectivity index (χ0v) is 30.1.